The van der Waals surface area contributed by atoms with E-state index in [1.165, 1.54) is 17.1 Å². The fourth-order valence-electron chi connectivity index (χ4n) is 3.39. The molecule has 0 saturated carbocycles. The van der Waals surface area contributed by atoms with Crippen molar-refractivity contribution in [3.8, 4) is 0 Å². The zero-order valence-electron chi connectivity index (χ0n) is 15.1. The molecule has 3 atom stereocenters. The SMILES string of the molecule is C[C@@H]1C2=C(CC(c3ccc(F)cc3Br)N=C2NOC2CCOC2=O)N=CN1N. The molecule has 3 aliphatic rings. The van der Waals surface area contributed by atoms with Crippen LogP contribution in [0.4, 0.5) is 4.39 Å². The summed E-state index contributed by atoms with van der Waals surface area (Å²) in [5.74, 6) is 5.68. The number of hydrogen-bond acceptors (Lipinski definition) is 8. The highest BCUT2D eigenvalue weighted by atomic mass is 79.9. The predicted molar refractivity (Wildman–Crippen MR) is 103 cm³/mol. The lowest BCUT2D eigenvalue weighted by molar-refractivity contribution is -0.149. The Hall–Kier alpha value is -2.30. The fraction of sp³-hybridized carbons (Fsp3) is 0.389. The van der Waals surface area contributed by atoms with Gasteiger partial charge in [0.2, 0.25) is 0 Å². The number of nitrogens with two attached hydrogens (primary N) is 1. The number of rotatable bonds is 3. The van der Waals surface area contributed by atoms with Gasteiger partial charge >= 0.3 is 5.97 Å². The Morgan fingerprint density at radius 3 is 3.00 bits per heavy atom. The molecule has 10 heteroatoms. The Morgan fingerprint density at radius 2 is 2.29 bits per heavy atom. The minimum atomic E-state index is -0.693. The number of aliphatic imine (C=N–C) groups is 2. The van der Waals surface area contributed by atoms with E-state index < -0.39 is 12.1 Å². The second-order valence-corrected chi connectivity index (χ2v) is 7.61. The minimum Gasteiger partial charge on any atom is -0.464 e. The number of hydroxylamine groups is 1. The Labute approximate surface area is 169 Å². The second-order valence-electron chi connectivity index (χ2n) is 6.76. The van der Waals surface area contributed by atoms with Crippen molar-refractivity contribution in [3.05, 3.63) is 45.3 Å². The number of cyclic esters (lactones) is 1. The summed E-state index contributed by atoms with van der Waals surface area (Å²) in [7, 11) is 0. The molecule has 3 heterocycles. The maximum atomic E-state index is 13.5. The van der Waals surface area contributed by atoms with Crippen LogP contribution in [0.25, 0.3) is 0 Å². The molecule has 2 unspecified atom stereocenters. The molecule has 4 rings (SSSR count). The summed E-state index contributed by atoms with van der Waals surface area (Å²) in [5.41, 5.74) is 5.25. The first-order valence-corrected chi connectivity index (χ1v) is 9.65. The molecule has 0 amide bonds. The highest BCUT2D eigenvalue weighted by Gasteiger charge is 2.34. The van der Waals surface area contributed by atoms with Crippen molar-refractivity contribution in [2.75, 3.05) is 6.61 Å². The molecule has 0 bridgehead atoms. The first-order valence-electron chi connectivity index (χ1n) is 8.85. The van der Waals surface area contributed by atoms with Crippen molar-refractivity contribution >= 4 is 34.1 Å². The van der Waals surface area contributed by atoms with Gasteiger partial charge in [-0.25, -0.2) is 25.5 Å². The molecule has 3 N–H and O–H groups in total. The van der Waals surface area contributed by atoms with Crippen LogP contribution in [0, 0.1) is 5.82 Å². The van der Waals surface area contributed by atoms with Crippen LogP contribution in [0.1, 0.15) is 31.4 Å². The summed E-state index contributed by atoms with van der Waals surface area (Å²) in [6.45, 7) is 2.25. The van der Waals surface area contributed by atoms with Gasteiger partial charge in [0, 0.05) is 22.9 Å². The van der Waals surface area contributed by atoms with Gasteiger partial charge in [0.05, 0.1) is 24.4 Å². The number of benzene rings is 1. The highest BCUT2D eigenvalue weighted by Crippen LogP contribution is 2.38. The molecule has 28 heavy (non-hydrogen) atoms. The number of hydrogen-bond donors (Lipinski definition) is 2. The number of esters is 1. The second kappa shape index (κ2) is 7.61. The number of carbonyl (C=O) groups excluding carboxylic acids is 1. The number of nitrogens with one attached hydrogen (secondary N) is 1. The normalized spacial score (nSPS) is 26.9. The third kappa shape index (κ3) is 3.54. The number of dihydropyridines is 1. The molecule has 0 aromatic heterocycles. The highest BCUT2D eigenvalue weighted by molar-refractivity contribution is 9.10. The maximum absolute atomic E-state index is 13.5. The van der Waals surface area contributed by atoms with Crippen LogP contribution in [0.3, 0.4) is 0 Å². The lowest BCUT2D eigenvalue weighted by Crippen LogP contribution is -2.47. The zero-order valence-corrected chi connectivity index (χ0v) is 16.6. The summed E-state index contributed by atoms with van der Waals surface area (Å²) < 4.78 is 19.0. The largest absolute Gasteiger partial charge is 0.464 e. The van der Waals surface area contributed by atoms with Gasteiger partial charge in [-0.05, 0) is 24.6 Å². The number of amidine groups is 1. The van der Waals surface area contributed by atoms with Gasteiger partial charge in [-0.15, -0.1) is 0 Å². The first kappa shape index (κ1) is 19.0. The molecular weight excluding hydrogens is 433 g/mol. The van der Waals surface area contributed by atoms with E-state index in [2.05, 4.69) is 26.4 Å². The van der Waals surface area contributed by atoms with Crippen molar-refractivity contribution in [3.63, 3.8) is 0 Å². The molecule has 8 nitrogen and oxygen atoms in total. The third-order valence-electron chi connectivity index (χ3n) is 4.96. The van der Waals surface area contributed by atoms with E-state index in [1.54, 1.807) is 12.4 Å². The average molecular weight is 452 g/mol. The fourth-order valence-corrected chi connectivity index (χ4v) is 4.01. The quantitative estimate of drug-likeness (QED) is 0.414. The number of hydrazine groups is 1. The molecule has 0 spiro atoms. The van der Waals surface area contributed by atoms with E-state index in [4.69, 9.17) is 20.4 Å². The summed E-state index contributed by atoms with van der Waals surface area (Å²) in [6.07, 6.45) is 1.87. The van der Waals surface area contributed by atoms with Gasteiger partial charge in [0.25, 0.3) is 0 Å². The van der Waals surface area contributed by atoms with Crippen LogP contribution in [0.5, 0.6) is 0 Å². The third-order valence-corrected chi connectivity index (χ3v) is 5.64. The molecule has 0 aliphatic carbocycles. The van der Waals surface area contributed by atoms with E-state index >= 15 is 0 Å². The smallest absolute Gasteiger partial charge is 0.338 e. The number of halogens is 2. The van der Waals surface area contributed by atoms with Crippen molar-refractivity contribution in [2.45, 2.75) is 38.0 Å². The topological polar surface area (TPSA) is 102 Å². The molecular formula is C18H19BrFN5O3. The summed E-state index contributed by atoms with van der Waals surface area (Å²) >= 11 is 3.41. The van der Waals surface area contributed by atoms with Gasteiger partial charge in [-0.1, -0.05) is 22.0 Å². The van der Waals surface area contributed by atoms with Gasteiger partial charge in [0.1, 0.15) is 12.2 Å². The first-order chi connectivity index (χ1) is 13.4. The van der Waals surface area contributed by atoms with Crippen molar-refractivity contribution in [1.82, 2.24) is 10.5 Å². The Kier molecular flexibility index (Phi) is 5.17. The van der Waals surface area contributed by atoms with Crippen LogP contribution in [0.2, 0.25) is 0 Å². The number of nitrogens with zero attached hydrogens (tertiary/aromatic N) is 3. The molecule has 1 aromatic carbocycles. The predicted octanol–water partition coefficient (Wildman–Crippen LogP) is 2.13. The molecule has 148 valence electrons. The van der Waals surface area contributed by atoms with Gasteiger partial charge in [-0.3, -0.25) is 14.8 Å². The molecule has 1 aromatic rings. The average Bonchev–Trinajstić information content (AvgIpc) is 3.07. The number of carbonyl (C=O) groups is 1. The lowest BCUT2D eigenvalue weighted by Gasteiger charge is -2.34. The number of ether oxygens (including phenoxy) is 1. The van der Waals surface area contributed by atoms with Gasteiger partial charge in [0.15, 0.2) is 11.9 Å². The lowest BCUT2D eigenvalue weighted by atomic mass is 9.93. The van der Waals surface area contributed by atoms with E-state index in [-0.39, 0.29) is 17.9 Å². The van der Waals surface area contributed by atoms with Crippen LogP contribution >= 0.6 is 15.9 Å². The molecule has 1 saturated heterocycles. The Balaban J connectivity index is 1.66. The van der Waals surface area contributed by atoms with Crippen LogP contribution in [-0.2, 0) is 14.4 Å². The Bertz CT molecular complexity index is 903. The van der Waals surface area contributed by atoms with Crippen molar-refractivity contribution in [1.29, 1.82) is 0 Å². The monoisotopic (exact) mass is 451 g/mol. The van der Waals surface area contributed by atoms with E-state index in [9.17, 15) is 9.18 Å². The molecule has 1 fully saturated rings. The van der Waals surface area contributed by atoms with Crippen molar-refractivity contribution < 1.29 is 18.8 Å². The zero-order chi connectivity index (χ0) is 19.8. The minimum absolute atomic E-state index is 0.185. The van der Waals surface area contributed by atoms with Gasteiger partial charge in [-0.2, -0.15) is 0 Å². The van der Waals surface area contributed by atoms with Crippen LogP contribution < -0.4 is 11.3 Å². The molecule has 3 aliphatic heterocycles. The van der Waals surface area contributed by atoms with Gasteiger partial charge < -0.3 is 4.74 Å². The Morgan fingerprint density at radius 1 is 1.46 bits per heavy atom. The van der Waals surface area contributed by atoms with Crippen LogP contribution in [0.15, 0.2) is 43.9 Å². The standard InChI is InChI=1S/C18H19BrFN5O3/c1-9-16-14(22-8-25(9)21)7-13(11-3-2-10(20)6-12(11)19)23-17(16)24-28-15-4-5-27-18(15)26/h2-3,6,8-9,13,15H,4-5,7,21H2,1H3,(H,23,24)/t9-,13?,15?/m1/s1. The summed E-state index contributed by atoms with van der Waals surface area (Å²) in [4.78, 5) is 26.4. The summed E-state index contributed by atoms with van der Waals surface area (Å²) in [5, 5.41) is 1.48. The van der Waals surface area contributed by atoms with E-state index in [0.29, 0.717) is 29.8 Å². The van der Waals surface area contributed by atoms with E-state index in [1.807, 2.05) is 6.92 Å². The maximum Gasteiger partial charge on any atom is 0.338 e. The van der Waals surface area contributed by atoms with Crippen LogP contribution in [-0.4, -0.2) is 41.9 Å². The van der Waals surface area contributed by atoms with Crippen molar-refractivity contribution in [2.24, 2.45) is 15.8 Å². The molecule has 0 radical (unpaired) electrons. The van der Waals surface area contributed by atoms with E-state index in [0.717, 1.165) is 16.8 Å². The summed E-state index contributed by atoms with van der Waals surface area (Å²) in [6, 6.07) is 4.00.